The maximum atomic E-state index is 12.6. The molecule has 2 saturated heterocycles. The summed E-state index contributed by atoms with van der Waals surface area (Å²) in [5, 5.41) is 2.75. The van der Waals surface area contributed by atoms with E-state index in [-0.39, 0.29) is 18.9 Å². The number of carbonyl (C=O) groups is 3. The molecule has 2 amide bonds. The van der Waals surface area contributed by atoms with Gasteiger partial charge in [-0.25, -0.2) is 4.79 Å². The van der Waals surface area contributed by atoms with Gasteiger partial charge in [0.2, 0.25) is 12.2 Å². The highest BCUT2D eigenvalue weighted by Gasteiger charge is 2.40. The number of hydrogen-bond acceptors (Lipinski definition) is 6. The number of methoxy groups -OCH3 is 1. The molecular formula is C18H22N2O6. The Kier molecular flexibility index (Phi) is 5.72. The molecule has 8 nitrogen and oxygen atoms in total. The summed E-state index contributed by atoms with van der Waals surface area (Å²) in [6, 6.07) is 8.18. The number of benzene rings is 1. The molecule has 0 radical (unpaired) electrons. The minimum absolute atomic E-state index is 0.0510. The van der Waals surface area contributed by atoms with Gasteiger partial charge < -0.3 is 19.5 Å². The maximum absolute atomic E-state index is 12.6. The van der Waals surface area contributed by atoms with Crippen LogP contribution < -0.4 is 5.32 Å². The van der Waals surface area contributed by atoms with E-state index in [1.165, 1.54) is 12.0 Å². The third-order valence-electron chi connectivity index (χ3n) is 4.52. The van der Waals surface area contributed by atoms with E-state index in [1.54, 1.807) is 0 Å². The van der Waals surface area contributed by atoms with Crippen LogP contribution in [0.4, 0.5) is 4.79 Å². The van der Waals surface area contributed by atoms with Crippen molar-refractivity contribution in [3.63, 3.8) is 0 Å². The van der Waals surface area contributed by atoms with E-state index in [0.717, 1.165) is 5.56 Å². The van der Waals surface area contributed by atoms with Crippen molar-refractivity contribution in [3.8, 4) is 0 Å². The van der Waals surface area contributed by atoms with Gasteiger partial charge in [0.25, 0.3) is 0 Å². The standard InChI is InChI=1S/C18H22N2O6/c1-24-17-13(10-15(21)26-17)19-16(22)14-8-5-9-20(14)18(23)25-11-12-6-3-2-4-7-12/h2-4,6-7,13-14,17H,5,8-11H2,1H3,(H,19,22)/t13-,14-,17?/m0/s1. The van der Waals surface area contributed by atoms with E-state index in [1.807, 2.05) is 30.3 Å². The summed E-state index contributed by atoms with van der Waals surface area (Å²) in [5.74, 6) is -0.753. The third-order valence-corrected chi connectivity index (χ3v) is 4.52. The predicted molar refractivity (Wildman–Crippen MR) is 89.8 cm³/mol. The summed E-state index contributed by atoms with van der Waals surface area (Å²) in [6.45, 7) is 0.612. The highest BCUT2D eigenvalue weighted by atomic mass is 16.7. The van der Waals surface area contributed by atoms with Gasteiger partial charge in [-0.1, -0.05) is 30.3 Å². The van der Waals surface area contributed by atoms with E-state index < -0.39 is 30.4 Å². The topological polar surface area (TPSA) is 94.2 Å². The average molecular weight is 362 g/mol. The molecule has 1 aromatic carbocycles. The van der Waals surface area contributed by atoms with Gasteiger partial charge >= 0.3 is 12.1 Å². The smallest absolute Gasteiger partial charge is 0.410 e. The van der Waals surface area contributed by atoms with Gasteiger partial charge in [0.15, 0.2) is 0 Å². The zero-order valence-electron chi connectivity index (χ0n) is 14.6. The van der Waals surface area contributed by atoms with Crippen LogP contribution in [-0.2, 0) is 30.4 Å². The van der Waals surface area contributed by atoms with Gasteiger partial charge in [0, 0.05) is 13.7 Å². The van der Waals surface area contributed by atoms with Gasteiger partial charge in [0.1, 0.15) is 18.7 Å². The Hall–Kier alpha value is -2.61. The van der Waals surface area contributed by atoms with Crippen molar-refractivity contribution in [1.29, 1.82) is 0 Å². The first-order chi connectivity index (χ1) is 12.6. The molecule has 2 heterocycles. The molecule has 1 unspecified atom stereocenters. The molecule has 0 aromatic heterocycles. The van der Waals surface area contributed by atoms with Crippen LogP contribution in [0.1, 0.15) is 24.8 Å². The first kappa shape index (κ1) is 18.2. The molecule has 2 fully saturated rings. The normalized spacial score (nSPS) is 25.0. The van der Waals surface area contributed by atoms with Crippen molar-refractivity contribution in [2.45, 2.75) is 44.2 Å². The van der Waals surface area contributed by atoms with E-state index in [2.05, 4.69) is 5.32 Å². The number of rotatable bonds is 5. The van der Waals surface area contributed by atoms with Crippen LogP contribution in [-0.4, -0.2) is 54.9 Å². The molecule has 2 aliphatic heterocycles. The summed E-state index contributed by atoms with van der Waals surface area (Å²) in [4.78, 5) is 37.7. The molecular weight excluding hydrogens is 340 g/mol. The number of hydrogen-bond donors (Lipinski definition) is 1. The number of ether oxygens (including phenoxy) is 3. The Balaban J connectivity index is 1.56. The van der Waals surface area contributed by atoms with Crippen LogP contribution in [0.2, 0.25) is 0 Å². The second-order valence-corrected chi connectivity index (χ2v) is 6.30. The first-order valence-corrected chi connectivity index (χ1v) is 8.58. The van der Waals surface area contributed by atoms with Crippen molar-refractivity contribution in [2.24, 2.45) is 0 Å². The molecule has 2 aliphatic rings. The summed E-state index contributed by atoms with van der Waals surface area (Å²) >= 11 is 0. The Morgan fingerprint density at radius 1 is 1.31 bits per heavy atom. The largest absolute Gasteiger partial charge is 0.445 e. The molecule has 0 saturated carbocycles. The van der Waals surface area contributed by atoms with Crippen LogP contribution >= 0.6 is 0 Å². The van der Waals surface area contributed by atoms with E-state index in [0.29, 0.717) is 19.4 Å². The zero-order chi connectivity index (χ0) is 18.5. The predicted octanol–water partition coefficient (Wildman–Crippen LogP) is 1.19. The second kappa shape index (κ2) is 8.18. The quantitative estimate of drug-likeness (QED) is 0.791. The average Bonchev–Trinajstić information content (AvgIpc) is 3.27. The fourth-order valence-corrected chi connectivity index (χ4v) is 3.21. The van der Waals surface area contributed by atoms with E-state index in [9.17, 15) is 14.4 Å². The van der Waals surface area contributed by atoms with Crippen LogP contribution in [0, 0.1) is 0 Å². The summed E-state index contributed by atoms with van der Waals surface area (Å²) in [7, 11) is 1.41. The second-order valence-electron chi connectivity index (χ2n) is 6.30. The minimum atomic E-state index is -0.800. The molecule has 0 bridgehead atoms. The molecule has 0 spiro atoms. The van der Waals surface area contributed by atoms with Crippen molar-refractivity contribution in [3.05, 3.63) is 35.9 Å². The van der Waals surface area contributed by atoms with Crippen molar-refractivity contribution >= 4 is 18.0 Å². The summed E-state index contributed by atoms with van der Waals surface area (Å²) in [5.41, 5.74) is 0.880. The third kappa shape index (κ3) is 4.13. The monoisotopic (exact) mass is 362 g/mol. The molecule has 26 heavy (non-hydrogen) atoms. The maximum Gasteiger partial charge on any atom is 0.410 e. The van der Waals surface area contributed by atoms with Crippen molar-refractivity contribution < 1.29 is 28.6 Å². The van der Waals surface area contributed by atoms with Crippen molar-refractivity contribution in [2.75, 3.05) is 13.7 Å². The van der Waals surface area contributed by atoms with Gasteiger partial charge in [0.05, 0.1) is 6.42 Å². The lowest BCUT2D eigenvalue weighted by atomic mass is 10.1. The molecule has 3 rings (SSSR count). The number of esters is 1. The molecule has 3 atom stereocenters. The summed E-state index contributed by atoms with van der Waals surface area (Å²) < 4.78 is 15.3. The minimum Gasteiger partial charge on any atom is -0.445 e. The fraction of sp³-hybridized carbons (Fsp3) is 0.500. The molecule has 8 heteroatoms. The fourth-order valence-electron chi connectivity index (χ4n) is 3.21. The van der Waals surface area contributed by atoms with E-state index >= 15 is 0 Å². The number of carbonyl (C=O) groups excluding carboxylic acids is 3. The van der Waals surface area contributed by atoms with Crippen LogP contribution in [0.3, 0.4) is 0 Å². The number of cyclic esters (lactones) is 1. The highest BCUT2D eigenvalue weighted by molar-refractivity contribution is 5.87. The van der Waals surface area contributed by atoms with Crippen LogP contribution in [0.5, 0.6) is 0 Å². The SMILES string of the molecule is COC1OC(=O)C[C@@H]1NC(=O)[C@@H]1CCCN1C(=O)OCc1ccccc1. The van der Waals surface area contributed by atoms with Crippen molar-refractivity contribution in [1.82, 2.24) is 10.2 Å². The Morgan fingerprint density at radius 2 is 2.08 bits per heavy atom. The summed E-state index contributed by atoms with van der Waals surface area (Å²) in [6.07, 6.45) is -0.00687. The van der Waals surface area contributed by atoms with Gasteiger partial charge in [-0.2, -0.15) is 0 Å². The number of amides is 2. The number of nitrogens with one attached hydrogen (secondary N) is 1. The number of nitrogens with zero attached hydrogens (tertiary/aromatic N) is 1. The Morgan fingerprint density at radius 3 is 2.81 bits per heavy atom. The lowest BCUT2D eigenvalue weighted by Gasteiger charge is -2.25. The molecule has 140 valence electrons. The lowest BCUT2D eigenvalue weighted by Crippen LogP contribution is -2.51. The Bertz CT molecular complexity index is 665. The van der Waals surface area contributed by atoms with Crippen LogP contribution in [0.15, 0.2) is 30.3 Å². The van der Waals surface area contributed by atoms with E-state index in [4.69, 9.17) is 14.2 Å². The molecule has 1 N–H and O–H groups in total. The van der Waals surface area contributed by atoms with Crippen LogP contribution in [0.25, 0.3) is 0 Å². The number of likely N-dealkylation sites (tertiary alicyclic amines) is 1. The Labute approximate surface area is 151 Å². The van der Waals surface area contributed by atoms with Gasteiger partial charge in [-0.3, -0.25) is 14.5 Å². The highest BCUT2D eigenvalue weighted by Crippen LogP contribution is 2.21. The first-order valence-electron chi connectivity index (χ1n) is 8.58. The van der Waals surface area contributed by atoms with Gasteiger partial charge in [-0.15, -0.1) is 0 Å². The molecule has 0 aliphatic carbocycles. The van der Waals surface area contributed by atoms with Gasteiger partial charge in [-0.05, 0) is 18.4 Å². The zero-order valence-corrected chi connectivity index (χ0v) is 14.6. The molecule has 1 aromatic rings. The lowest BCUT2D eigenvalue weighted by molar-refractivity contribution is -0.160.